The lowest BCUT2D eigenvalue weighted by molar-refractivity contribution is 0.253. The van der Waals surface area contributed by atoms with Crippen LogP contribution in [0.1, 0.15) is 18.5 Å². The molecule has 1 saturated heterocycles. The Bertz CT molecular complexity index is 815. The minimum Gasteiger partial charge on any atom is -0.266 e. The number of aryl methyl sites for hydroxylation is 1. The van der Waals surface area contributed by atoms with E-state index in [1.54, 1.807) is 41.7 Å². The van der Waals surface area contributed by atoms with Gasteiger partial charge in [0.15, 0.2) is 0 Å². The van der Waals surface area contributed by atoms with Crippen molar-refractivity contribution in [1.29, 1.82) is 0 Å². The summed E-state index contributed by atoms with van der Waals surface area (Å²) in [5.41, 5.74) is 2.59. The van der Waals surface area contributed by atoms with Gasteiger partial charge in [-0.15, -0.1) is 0 Å². The summed E-state index contributed by atoms with van der Waals surface area (Å²) in [5.74, 6) is 0.264. The van der Waals surface area contributed by atoms with Gasteiger partial charge < -0.3 is 0 Å². The highest BCUT2D eigenvalue weighted by atomic mass is 32.2. The first kappa shape index (κ1) is 18.0. The van der Waals surface area contributed by atoms with Crippen LogP contribution in [0.2, 0.25) is 0 Å². The zero-order chi connectivity index (χ0) is 18.0. The van der Waals surface area contributed by atoms with E-state index < -0.39 is 10.2 Å². The highest BCUT2D eigenvalue weighted by molar-refractivity contribution is 7.86. The van der Waals surface area contributed by atoms with Gasteiger partial charge in [-0.25, -0.2) is 0 Å². The molecule has 1 aliphatic heterocycles. The maximum atomic E-state index is 12.3. The van der Waals surface area contributed by atoms with Crippen molar-refractivity contribution in [3.05, 3.63) is 30.4 Å². The molecule has 0 spiro atoms. The minimum absolute atomic E-state index is 0.264. The Kier molecular flexibility index (Phi) is 5.16. The van der Waals surface area contributed by atoms with Crippen LogP contribution in [0.5, 0.6) is 0 Å². The van der Waals surface area contributed by atoms with Crippen LogP contribution in [0.15, 0.2) is 24.7 Å². The van der Waals surface area contributed by atoms with E-state index in [9.17, 15) is 8.42 Å². The van der Waals surface area contributed by atoms with E-state index in [4.69, 9.17) is 0 Å². The Hall–Kier alpha value is -1.84. The molecule has 0 unspecified atom stereocenters. The zero-order valence-electron chi connectivity index (χ0n) is 14.8. The second kappa shape index (κ2) is 7.19. The summed E-state index contributed by atoms with van der Waals surface area (Å²) in [7, 11) is 1.66. The van der Waals surface area contributed by atoms with E-state index in [1.807, 2.05) is 13.1 Å². The number of nitrogens with zero attached hydrogens (tertiary/aromatic N) is 6. The van der Waals surface area contributed by atoms with Crippen molar-refractivity contribution in [1.82, 2.24) is 28.4 Å². The molecule has 1 atom stereocenters. The summed E-state index contributed by atoms with van der Waals surface area (Å²) in [6.07, 6.45) is 7.87. The molecule has 0 aliphatic carbocycles. The van der Waals surface area contributed by atoms with Gasteiger partial charge in [0.2, 0.25) is 0 Å². The Morgan fingerprint density at radius 3 is 2.68 bits per heavy atom. The molecule has 0 aromatic carbocycles. The lowest BCUT2D eigenvalue weighted by Crippen LogP contribution is -2.45. The maximum Gasteiger partial charge on any atom is 0.281 e. The van der Waals surface area contributed by atoms with Crippen LogP contribution >= 0.6 is 0 Å². The molecule has 8 nitrogen and oxygen atoms in total. The predicted molar refractivity (Wildman–Crippen MR) is 94.8 cm³/mol. The molecule has 3 heterocycles. The number of piperidine rings is 1. The van der Waals surface area contributed by atoms with Crippen molar-refractivity contribution in [2.45, 2.75) is 19.3 Å². The largest absolute Gasteiger partial charge is 0.281 e. The van der Waals surface area contributed by atoms with Gasteiger partial charge in [0, 0.05) is 46.6 Å². The zero-order valence-corrected chi connectivity index (χ0v) is 15.6. The molecular formula is C16H24N6O2S. The molecule has 0 saturated carbocycles. The highest BCUT2D eigenvalue weighted by Crippen LogP contribution is 2.23. The van der Waals surface area contributed by atoms with Crippen LogP contribution in [0, 0.1) is 5.92 Å². The Labute approximate surface area is 148 Å². The van der Waals surface area contributed by atoms with Gasteiger partial charge in [0.25, 0.3) is 10.2 Å². The fraction of sp³-hybridized carbons (Fsp3) is 0.562. The average molecular weight is 364 g/mol. The van der Waals surface area contributed by atoms with Crippen molar-refractivity contribution in [2.24, 2.45) is 13.0 Å². The quantitative estimate of drug-likeness (QED) is 0.788. The van der Waals surface area contributed by atoms with Crippen LogP contribution in [0.3, 0.4) is 0 Å². The third-order valence-electron chi connectivity index (χ3n) is 4.56. The Morgan fingerprint density at radius 2 is 2.08 bits per heavy atom. The van der Waals surface area contributed by atoms with Crippen LogP contribution in [-0.2, 0) is 23.7 Å². The topological polar surface area (TPSA) is 84.2 Å². The number of hydrogen-bond acceptors (Lipinski definition) is 5. The van der Waals surface area contributed by atoms with E-state index in [0.717, 1.165) is 36.3 Å². The third-order valence-corrected chi connectivity index (χ3v) is 6.46. The van der Waals surface area contributed by atoms with E-state index in [0.29, 0.717) is 13.1 Å². The van der Waals surface area contributed by atoms with E-state index in [2.05, 4.69) is 15.1 Å². The summed E-state index contributed by atoms with van der Waals surface area (Å²) >= 11 is 0. The van der Waals surface area contributed by atoms with Crippen molar-refractivity contribution >= 4 is 10.2 Å². The molecule has 2 aromatic rings. The lowest BCUT2D eigenvalue weighted by atomic mass is 9.95. The second-order valence-electron chi connectivity index (χ2n) is 6.59. The van der Waals surface area contributed by atoms with Crippen LogP contribution in [-0.4, -0.2) is 64.0 Å². The molecule has 25 heavy (non-hydrogen) atoms. The van der Waals surface area contributed by atoms with Gasteiger partial charge >= 0.3 is 0 Å². The fourth-order valence-corrected chi connectivity index (χ4v) is 4.37. The van der Waals surface area contributed by atoms with E-state index in [-0.39, 0.29) is 5.92 Å². The molecule has 0 radical (unpaired) electrons. The predicted octanol–water partition coefficient (Wildman–Crippen LogP) is 0.938. The molecule has 136 valence electrons. The summed E-state index contributed by atoms with van der Waals surface area (Å²) < 4.78 is 29.2. The van der Waals surface area contributed by atoms with Gasteiger partial charge in [-0.2, -0.15) is 22.1 Å². The summed E-state index contributed by atoms with van der Waals surface area (Å²) in [6.45, 7) is 1.12. The SMILES string of the molecule is CN(C)S(=O)(=O)N1CCC[C@H](Cc2cnc(-c3ccnn3C)cn2)C1. The van der Waals surface area contributed by atoms with Gasteiger partial charge in [0.05, 0.1) is 17.6 Å². The highest BCUT2D eigenvalue weighted by Gasteiger charge is 2.30. The fourth-order valence-electron chi connectivity index (χ4n) is 3.15. The van der Waals surface area contributed by atoms with E-state index >= 15 is 0 Å². The van der Waals surface area contributed by atoms with Gasteiger partial charge in [0.1, 0.15) is 5.69 Å². The molecule has 3 rings (SSSR count). The number of aromatic nitrogens is 4. The normalized spacial score (nSPS) is 19.4. The van der Waals surface area contributed by atoms with Gasteiger partial charge in [-0.3, -0.25) is 14.6 Å². The second-order valence-corrected chi connectivity index (χ2v) is 8.74. The summed E-state index contributed by atoms with van der Waals surface area (Å²) in [5, 5.41) is 4.14. The first-order chi connectivity index (χ1) is 11.9. The molecule has 0 bridgehead atoms. The van der Waals surface area contributed by atoms with Crippen molar-refractivity contribution < 1.29 is 8.42 Å². The molecule has 1 fully saturated rings. The van der Waals surface area contributed by atoms with Gasteiger partial charge in [-0.05, 0) is 31.2 Å². The smallest absolute Gasteiger partial charge is 0.266 e. The van der Waals surface area contributed by atoms with Crippen molar-refractivity contribution in [3.63, 3.8) is 0 Å². The van der Waals surface area contributed by atoms with Crippen molar-refractivity contribution in [3.8, 4) is 11.4 Å². The Balaban J connectivity index is 1.67. The molecular weight excluding hydrogens is 340 g/mol. The lowest BCUT2D eigenvalue weighted by Gasteiger charge is -2.33. The number of rotatable bonds is 5. The van der Waals surface area contributed by atoms with Gasteiger partial charge in [-0.1, -0.05) is 0 Å². The molecule has 2 aromatic heterocycles. The first-order valence-corrected chi connectivity index (χ1v) is 9.74. The van der Waals surface area contributed by atoms with Crippen LogP contribution in [0.25, 0.3) is 11.4 Å². The summed E-state index contributed by atoms with van der Waals surface area (Å²) in [4.78, 5) is 8.99. The molecule has 0 N–H and O–H groups in total. The minimum atomic E-state index is -3.35. The molecule has 0 amide bonds. The van der Waals surface area contributed by atoms with Crippen molar-refractivity contribution in [2.75, 3.05) is 27.2 Å². The summed E-state index contributed by atoms with van der Waals surface area (Å²) in [6, 6.07) is 1.90. The van der Waals surface area contributed by atoms with E-state index in [1.165, 1.54) is 4.31 Å². The van der Waals surface area contributed by atoms with Crippen LogP contribution in [0.4, 0.5) is 0 Å². The maximum absolute atomic E-state index is 12.3. The average Bonchev–Trinajstić information content (AvgIpc) is 3.02. The number of hydrogen-bond donors (Lipinski definition) is 0. The third kappa shape index (κ3) is 3.88. The molecule has 1 aliphatic rings. The van der Waals surface area contributed by atoms with Crippen LogP contribution < -0.4 is 0 Å². The monoisotopic (exact) mass is 364 g/mol. The molecule has 9 heteroatoms. The Morgan fingerprint density at radius 1 is 1.28 bits per heavy atom. The first-order valence-electron chi connectivity index (χ1n) is 8.35. The standard InChI is InChI=1S/C16H24N6O2S/c1-20(2)25(23,24)22-8-4-5-13(12-22)9-14-10-18-15(11-17-14)16-6-7-19-21(16)3/h6-7,10-11,13H,4-5,8-9,12H2,1-3H3/t13-/m1/s1.